The normalized spacial score (nSPS) is 11.4. The summed E-state index contributed by atoms with van der Waals surface area (Å²) in [4.78, 5) is 36.3. The molecule has 0 aromatic heterocycles. The number of amides is 1. The summed E-state index contributed by atoms with van der Waals surface area (Å²) in [6.45, 7) is 2.83. The third-order valence-corrected chi connectivity index (χ3v) is 3.83. The van der Waals surface area contributed by atoms with E-state index in [-0.39, 0.29) is 17.1 Å². The summed E-state index contributed by atoms with van der Waals surface area (Å²) in [5.41, 5.74) is 0.841. The van der Waals surface area contributed by atoms with Crippen molar-refractivity contribution in [1.82, 2.24) is 0 Å². The van der Waals surface area contributed by atoms with Crippen molar-refractivity contribution in [2.24, 2.45) is 0 Å². The van der Waals surface area contributed by atoms with Crippen LogP contribution >= 0.6 is 11.6 Å². The van der Waals surface area contributed by atoms with E-state index in [9.17, 15) is 14.4 Å². The SMILES string of the molecule is COc1ccc(Cl)cc1C(=O)O[C@@H](C)C(=O)Nc1ccccc1C(C)=O. The molecule has 2 aromatic carbocycles. The summed E-state index contributed by atoms with van der Waals surface area (Å²) in [7, 11) is 1.41. The maximum atomic E-state index is 12.3. The fourth-order valence-corrected chi connectivity index (χ4v) is 2.42. The number of carbonyl (C=O) groups excluding carboxylic acids is 3. The van der Waals surface area contributed by atoms with Gasteiger partial charge < -0.3 is 14.8 Å². The molecule has 136 valence electrons. The molecule has 0 spiro atoms. The Morgan fingerprint density at radius 2 is 1.77 bits per heavy atom. The van der Waals surface area contributed by atoms with E-state index in [0.29, 0.717) is 16.3 Å². The molecule has 1 N–H and O–H groups in total. The van der Waals surface area contributed by atoms with Gasteiger partial charge in [0.05, 0.1) is 12.8 Å². The molecule has 0 radical (unpaired) electrons. The molecule has 0 aliphatic carbocycles. The molecule has 0 aliphatic heterocycles. The largest absolute Gasteiger partial charge is 0.496 e. The summed E-state index contributed by atoms with van der Waals surface area (Å²) in [6, 6.07) is 11.1. The van der Waals surface area contributed by atoms with Gasteiger partial charge in [-0.3, -0.25) is 9.59 Å². The second kappa shape index (κ2) is 8.49. The van der Waals surface area contributed by atoms with Gasteiger partial charge in [0.2, 0.25) is 0 Å². The third kappa shape index (κ3) is 4.61. The molecule has 0 unspecified atom stereocenters. The van der Waals surface area contributed by atoms with Crippen LogP contribution in [0.15, 0.2) is 42.5 Å². The van der Waals surface area contributed by atoms with Gasteiger partial charge in [0.25, 0.3) is 5.91 Å². The Balaban J connectivity index is 2.11. The number of ketones is 1. The minimum atomic E-state index is -1.09. The first-order valence-electron chi connectivity index (χ1n) is 7.78. The topological polar surface area (TPSA) is 81.7 Å². The van der Waals surface area contributed by atoms with Gasteiger partial charge in [-0.15, -0.1) is 0 Å². The molecule has 0 heterocycles. The van der Waals surface area contributed by atoms with Gasteiger partial charge in [-0.1, -0.05) is 23.7 Å². The van der Waals surface area contributed by atoms with Crippen LogP contribution in [0.25, 0.3) is 0 Å². The van der Waals surface area contributed by atoms with Crippen molar-refractivity contribution < 1.29 is 23.9 Å². The number of ether oxygens (including phenoxy) is 2. The van der Waals surface area contributed by atoms with E-state index in [1.165, 1.54) is 33.1 Å². The highest BCUT2D eigenvalue weighted by Crippen LogP contribution is 2.24. The molecule has 1 atom stereocenters. The number of hydrogen-bond donors (Lipinski definition) is 1. The van der Waals surface area contributed by atoms with Gasteiger partial charge in [0, 0.05) is 10.6 Å². The zero-order valence-corrected chi connectivity index (χ0v) is 15.3. The van der Waals surface area contributed by atoms with E-state index in [1.807, 2.05) is 0 Å². The average molecular weight is 376 g/mol. The zero-order chi connectivity index (χ0) is 19.3. The molecule has 2 aromatic rings. The summed E-state index contributed by atoms with van der Waals surface area (Å²) < 4.78 is 10.3. The van der Waals surface area contributed by atoms with Crippen LogP contribution in [0.3, 0.4) is 0 Å². The fraction of sp³-hybridized carbons (Fsp3) is 0.211. The molecule has 0 fully saturated rings. The van der Waals surface area contributed by atoms with Crippen LogP contribution < -0.4 is 10.1 Å². The van der Waals surface area contributed by atoms with Gasteiger partial charge >= 0.3 is 5.97 Å². The summed E-state index contributed by atoms with van der Waals surface area (Å²) in [6.07, 6.45) is -1.09. The van der Waals surface area contributed by atoms with Gasteiger partial charge in [-0.2, -0.15) is 0 Å². The van der Waals surface area contributed by atoms with Gasteiger partial charge in [-0.25, -0.2) is 4.79 Å². The van der Waals surface area contributed by atoms with Crippen molar-refractivity contribution in [2.45, 2.75) is 20.0 Å². The quantitative estimate of drug-likeness (QED) is 0.614. The highest BCUT2D eigenvalue weighted by molar-refractivity contribution is 6.31. The van der Waals surface area contributed by atoms with Crippen LogP contribution in [-0.4, -0.2) is 30.9 Å². The fourth-order valence-electron chi connectivity index (χ4n) is 2.25. The van der Waals surface area contributed by atoms with Gasteiger partial charge in [0.15, 0.2) is 11.9 Å². The Kier molecular flexibility index (Phi) is 6.36. The van der Waals surface area contributed by atoms with Crippen LogP contribution in [0.1, 0.15) is 34.6 Å². The van der Waals surface area contributed by atoms with Crippen molar-refractivity contribution in [3.05, 3.63) is 58.6 Å². The number of anilines is 1. The smallest absolute Gasteiger partial charge is 0.342 e. The van der Waals surface area contributed by atoms with Crippen LogP contribution in [-0.2, 0) is 9.53 Å². The molecular weight excluding hydrogens is 358 g/mol. The molecule has 6 nitrogen and oxygen atoms in total. The van der Waals surface area contributed by atoms with Gasteiger partial charge in [0.1, 0.15) is 11.3 Å². The van der Waals surface area contributed by atoms with Gasteiger partial charge in [-0.05, 0) is 44.2 Å². The van der Waals surface area contributed by atoms with Crippen molar-refractivity contribution in [3.8, 4) is 5.75 Å². The first kappa shape index (κ1) is 19.5. The number of esters is 1. The average Bonchev–Trinajstić information content (AvgIpc) is 2.61. The summed E-state index contributed by atoms with van der Waals surface area (Å²) in [5, 5.41) is 2.93. The lowest BCUT2D eigenvalue weighted by Crippen LogP contribution is -2.30. The predicted molar refractivity (Wildman–Crippen MR) is 98.0 cm³/mol. The molecule has 2 rings (SSSR count). The molecule has 26 heavy (non-hydrogen) atoms. The van der Waals surface area contributed by atoms with E-state index in [4.69, 9.17) is 21.1 Å². The van der Waals surface area contributed by atoms with Crippen LogP contribution in [0.5, 0.6) is 5.75 Å². The number of rotatable bonds is 6. The molecular formula is C19H18ClNO5. The molecule has 0 saturated carbocycles. The number of nitrogens with one attached hydrogen (secondary N) is 1. The number of hydrogen-bond acceptors (Lipinski definition) is 5. The molecule has 0 bridgehead atoms. The van der Waals surface area contributed by atoms with E-state index >= 15 is 0 Å². The minimum Gasteiger partial charge on any atom is -0.496 e. The number of carbonyl (C=O) groups is 3. The standard InChI is InChI=1S/C19H18ClNO5/c1-11(22)14-6-4-5-7-16(14)21-18(23)12(2)26-19(24)15-10-13(20)8-9-17(15)25-3/h4-10,12H,1-3H3,(H,21,23)/t12-/m0/s1. The number of methoxy groups -OCH3 is 1. The Morgan fingerprint density at radius 1 is 1.08 bits per heavy atom. The Morgan fingerprint density at radius 3 is 2.42 bits per heavy atom. The molecule has 0 aliphatic rings. The van der Waals surface area contributed by atoms with Crippen LogP contribution in [0.4, 0.5) is 5.69 Å². The lowest BCUT2D eigenvalue weighted by Gasteiger charge is -2.16. The maximum Gasteiger partial charge on any atom is 0.342 e. The van der Waals surface area contributed by atoms with Crippen LogP contribution in [0, 0.1) is 0 Å². The molecule has 7 heteroatoms. The first-order valence-corrected chi connectivity index (χ1v) is 8.16. The number of benzene rings is 2. The van der Waals surface area contributed by atoms with Crippen molar-refractivity contribution in [2.75, 3.05) is 12.4 Å². The van der Waals surface area contributed by atoms with Crippen molar-refractivity contribution >= 4 is 34.9 Å². The Labute approximate surface area is 156 Å². The highest BCUT2D eigenvalue weighted by atomic mass is 35.5. The molecule has 1 amide bonds. The predicted octanol–water partition coefficient (Wildman–Crippen LogP) is 3.74. The van der Waals surface area contributed by atoms with E-state index < -0.39 is 18.0 Å². The first-order chi connectivity index (χ1) is 12.3. The van der Waals surface area contributed by atoms with E-state index in [0.717, 1.165) is 0 Å². The lowest BCUT2D eigenvalue weighted by atomic mass is 10.1. The lowest BCUT2D eigenvalue weighted by molar-refractivity contribution is -0.123. The summed E-state index contributed by atoms with van der Waals surface area (Å²) in [5.74, 6) is -1.21. The monoisotopic (exact) mass is 375 g/mol. The zero-order valence-electron chi connectivity index (χ0n) is 14.5. The third-order valence-electron chi connectivity index (χ3n) is 3.60. The minimum absolute atomic E-state index is 0.115. The summed E-state index contributed by atoms with van der Waals surface area (Å²) >= 11 is 5.90. The van der Waals surface area contributed by atoms with E-state index in [2.05, 4.69) is 5.32 Å². The number of halogens is 1. The van der Waals surface area contributed by atoms with Crippen molar-refractivity contribution in [1.29, 1.82) is 0 Å². The Hall–Kier alpha value is -2.86. The van der Waals surface area contributed by atoms with E-state index in [1.54, 1.807) is 30.3 Å². The Bertz CT molecular complexity index is 850. The molecule has 0 saturated heterocycles. The second-order valence-electron chi connectivity index (χ2n) is 5.48. The van der Waals surface area contributed by atoms with Crippen molar-refractivity contribution in [3.63, 3.8) is 0 Å². The number of para-hydroxylation sites is 1. The number of Topliss-reactive ketones (excluding diaryl/α,β-unsaturated/α-hetero) is 1. The maximum absolute atomic E-state index is 12.3. The van der Waals surface area contributed by atoms with Crippen LogP contribution in [0.2, 0.25) is 5.02 Å². The second-order valence-corrected chi connectivity index (χ2v) is 5.92. The highest BCUT2D eigenvalue weighted by Gasteiger charge is 2.22.